The summed E-state index contributed by atoms with van der Waals surface area (Å²) in [6, 6.07) is 11.4. The molecule has 1 unspecified atom stereocenters. The Bertz CT molecular complexity index is 1010. The van der Waals surface area contributed by atoms with E-state index in [4.69, 9.17) is 27.9 Å². The Labute approximate surface area is 190 Å². The van der Waals surface area contributed by atoms with Crippen LogP contribution in [0.15, 0.2) is 42.5 Å². The Balaban J connectivity index is 1.69. The van der Waals surface area contributed by atoms with Crippen LogP contribution < -0.4 is 10.1 Å². The third kappa shape index (κ3) is 4.78. The van der Waals surface area contributed by atoms with Crippen LogP contribution in [0.4, 0.5) is 4.79 Å². The highest BCUT2D eigenvalue weighted by Crippen LogP contribution is 2.35. The zero-order chi connectivity index (χ0) is 22.8. The molecule has 0 bridgehead atoms. The molecule has 0 spiro atoms. The number of halogens is 2. The number of hydrogen-bond donors (Lipinski definition) is 1. The summed E-state index contributed by atoms with van der Waals surface area (Å²) in [5, 5.41) is 3.31. The SMILES string of the molecule is CCOc1ccc(CN(C)C(=O)CN2C(=O)NC(C)(c3ccc(Cl)cc3Cl)C2=O)cc1. The van der Waals surface area contributed by atoms with Gasteiger partial charge in [-0.3, -0.25) is 14.5 Å². The zero-order valence-corrected chi connectivity index (χ0v) is 19.0. The molecule has 2 aromatic rings. The van der Waals surface area contributed by atoms with E-state index in [1.54, 1.807) is 26.1 Å². The molecule has 31 heavy (non-hydrogen) atoms. The van der Waals surface area contributed by atoms with E-state index >= 15 is 0 Å². The first-order chi connectivity index (χ1) is 14.7. The Kier molecular flexibility index (Phi) is 6.77. The second kappa shape index (κ2) is 9.16. The largest absolute Gasteiger partial charge is 0.494 e. The molecule has 0 aliphatic carbocycles. The van der Waals surface area contributed by atoms with Gasteiger partial charge in [-0.25, -0.2) is 4.79 Å². The van der Waals surface area contributed by atoms with Crippen LogP contribution in [0.3, 0.4) is 0 Å². The van der Waals surface area contributed by atoms with Crippen molar-refractivity contribution < 1.29 is 19.1 Å². The monoisotopic (exact) mass is 463 g/mol. The normalized spacial score (nSPS) is 18.2. The number of rotatable bonds is 7. The number of hydrogen-bond acceptors (Lipinski definition) is 4. The minimum atomic E-state index is -1.38. The summed E-state index contributed by atoms with van der Waals surface area (Å²) >= 11 is 12.2. The van der Waals surface area contributed by atoms with E-state index < -0.39 is 17.5 Å². The van der Waals surface area contributed by atoms with Crippen LogP contribution in [0.25, 0.3) is 0 Å². The second-order valence-electron chi connectivity index (χ2n) is 7.40. The van der Waals surface area contributed by atoms with E-state index in [2.05, 4.69) is 5.32 Å². The van der Waals surface area contributed by atoms with Gasteiger partial charge in [-0.15, -0.1) is 0 Å². The highest BCUT2D eigenvalue weighted by Gasteiger charge is 2.50. The first-order valence-electron chi connectivity index (χ1n) is 9.71. The summed E-state index contributed by atoms with van der Waals surface area (Å²) < 4.78 is 5.41. The van der Waals surface area contributed by atoms with E-state index in [1.165, 1.54) is 11.0 Å². The number of ether oxygens (including phenoxy) is 1. The van der Waals surface area contributed by atoms with Crippen LogP contribution >= 0.6 is 23.2 Å². The van der Waals surface area contributed by atoms with Crippen molar-refractivity contribution in [3.05, 3.63) is 63.6 Å². The highest BCUT2D eigenvalue weighted by atomic mass is 35.5. The minimum absolute atomic E-state index is 0.254. The lowest BCUT2D eigenvalue weighted by Crippen LogP contribution is -2.43. The van der Waals surface area contributed by atoms with Crippen LogP contribution in [-0.4, -0.2) is 47.8 Å². The van der Waals surface area contributed by atoms with Gasteiger partial charge in [0.05, 0.1) is 6.61 Å². The van der Waals surface area contributed by atoms with E-state index in [1.807, 2.05) is 31.2 Å². The Hall–Kier alpha value is -2.77. The van der Waals surface area contributed by atoms with Gasteiger partial charge in [0, 0.05) is 29.2 Å². The summed E-state index contributed by atoms with van der Waals surface area (Å²) in [5.74, 6) is -0.173. The van der Waals surface area contributed by atoms with Gasteiger partial charge < -0.3 is 15.0 Å². The van der Waals surface area contributed by atoms with Gasteiger partial charge in [-0.2, -0.15) is 0 Å². The lowest BCUT2D eigenvalue weighted by atomic mass is 9.92. The molecule has 164 valence electrons. The van der Waals surface area contributed by atoms with Crippen molar-refractivity contribution in [2.75, 3.05) is 20.2 Å². The molecular weight excluding hydrogens is 441 g/mol. The number of urea groups is 1. The predicted octanol–water partition coefficient (Wildman–Crippen LogP) is 3.82. The van der Waals surface area contributed by atoms with Crippen LogP contribution in [0.5, 0.6) is 5.75 Å². The number of imide groups is 1. The van der Waals surface area contributed by atoms with Crippen LogP contribution in [0, 0.1) is 0 Å². The van der Waals surface area contributed by atoms with E-state index in [9.17, 15) is 14.4 Å². The Morgan fingerprint density at radius 2 is 1.84 bits per heavy atom. The zero-order valence-electron chi connectivity index (χ0n) is 17.4. The summed E-state index contributed by atoms with van der Waals surface area (Å²) in [6.07, 6.45) is 0. The summed E-state index contributed by atoms with van der Waals surface area (Å²) in [7, 11) is 1.62. The fourth-order valence-corrected chi connectivity index (χ4v) is 3.99. The van der Waals surface area contributed by atoms with Crippen molar-refractivity contribution in [3.8, 4) is 5.75 Å². The van der Waals surface area contributed by atoms with Crippen molar-refractivity contribution in [1.29, 1.82) is 0 Å². The molecule has 1 aliphatic heterocycles. The number of likely N-dealkylation sites (N-methyl/N-ethyl adjacent to an activating group) is 1. The number of amides is 4. The second-order valence-corrected chi connectivity index (χ2v) is 8.24. The minimum Gasteiger partial charge on any atom is -0.494 e. The molecule has 0 saturated carbocycles. The van der Waals surface area contributed by atoms with Gasteiger partial charge in [0.2, 0.25) is 5.91 Å². The predicted molar refractivity (Wildman–Crippen MR) is 118 cm³/mol. The number of nitrogens with zero attached hydrogens (tertiary/aromatic N) is 2. The van der Waals surface area contributed by atoms with Gasteiger partial charge >= 0.3 is 6.03 Å². The molecule has 1 N–H and O–H groups in total. The van der Waals surface area contributed by atoms with Crippen molar-refractivity contribution >= 4 is 41.0 Å². The van der Waals surface area contributed by atoms with E-state index in [-0.39, 0.29) is 17.5 Å². The molecule has 4 amide bonds. The van der Waals surface area contributed by atoms with Gasteiger partial charge in [0.1, 0.15) is 17.8 Å². The lowest BCUT2D eigenvalue weighted by Gasteiger charge is -2.24. The van der Waals surface area contributed by atoms with Gasteiger partial charge in [-0.05, 0) is 43.7 Å². The van der Waals surface area contributed by atoms with Gasteiger partial charge in [0.15, 0.2) is 0 Å². The molecule has 1 atom stereocenters. The third-order valence-electron chi connectivity index (χ3n) is 5.12. The van der Waals surface area contributed by atoms with E-state index in [0.717, 1.165) is 16.2 Å². The molecule has 7 nitrogen and oxygen atoms in total. The summed E-state index contributed by atoms with van der Waals surface area (Å²) in [5.41, 5.74) is -0.0731. The number of carbonyl (C=O) groups is 3. The highest BCUT2D eigenvalue weighted by molar-refractivity contribution is 6.35. The van der Waals surface area contributed by atoms with Gasteiger partial charge in [0.25, 0.3) is 5.91 Å². The first-order valence-corrected chi connectivity index (χ1v) is 10.5. The van der Waals surface area contributed by atoms with Crippen LogP contribution in [0.2, 0.25) is 10.0 Å². The van der Waals surface area contributed by atoms with Crippen molar-refractivity contribution in [2.24, 2.45) is 0 Å². The first kappa shape index (κ1) is 22.9. The smallest absolute Gasteiger partial charge is 0.325 e. The Morgan fingerprint density at radius 3 is 2.45 bits per heavy atom. The third-order valence-corrected chi connectivity index (χ3v) is 5.67. The maximum atomic E-state index is 13.1. The molecule has 9 heteroatoms. The standard InChI is InChI=1S/C22H23Cl2N3O4/c1-4-31-16-8-5-14(6-9-16)12-26(3)19(28)13-27-20(29)22(2,25-21(27)30)17-10-7-15(23)11-18(17)24/h5-11H,4,12-13H2,1-3H3,(H,25,30). The molecule has 0 aromatic heterocycles. The molecule has 1 heterocycles. The topological polar surface area (TPSA) is 79.0 Å². The molecule has 1 aliphatic rings. The fourth-order valence-electron chi connectivity index (χ4n) is 3.39. The van der Waals surface area contributed by atoms with Crippen molar-refractivity contribution in [2.45, 2.75) is 25.9 Å². The average molecular weight is 464 g/mol. The lowest BCUT2D eigenvalue weighted by molar-refractivity contribution is -0.138. The number of nitrogens with one attached hydrogen (secondary N) is 1. The maximum Gasteiger partial charge on any atom is 0.325 e. The summed E-state index contributed by atoms with van der Waals surface area (Å²) in [4.78, 5) is 40.6. The number of benzene rings is 2. The average Bonchev–Trinajstić information content (AvgIpc) is 2.93. The maximum absolute atomic E-state index is 13.1. The molecular formula is C22H23Cl2N3O4. The molecule has 3 rings (SSSR count). The fraction of sp³-hybridized carbons (Fsp3) is 0.318. The van der Waals surface area contributed by atoms with E-state index in [0.29, 0.717) is 23.7 Å². The van der Waals surface area contributed by atoms with Crippen molar-refractivity contribution in [1.82, 2.24) is 15.1 Å². The molecule has 0 radical (unpaired) electrons. The molecule has 2 aromatic carbocycles. The van der Waals surface area contributed by atoms with Gasteiger partial charge in [-0.1, -0.05) is 41.4 Å². The Morgan fingerprint density at radius 1 is 1.16 bits per heavy atom. The number of carbonyl (C=O) groups excluding carboxylic acids is 3. The quantitative estimate of drug-likeness (QED) is 0.632. The van der Waals surface area contributed by atoms with Crippen LogP contribution in [0.1, 0.15) is 25.0 Å². The molecule has 1 fully saturated rings. The summed E-state index contributed by atoms with van der Waals surface area (Å²) in [6.45, 7) is 3.98. The molecule has 1 saturated heterocycles. The van der Waals surface area contributed by atoms with Crippen molar-refractivity contribution in [3.63, 3.8) is 0 Å². The van der Waals surface area contributed by atoms with Crippen LogP contribution in [-0.2, 0) is 21.7 Å².